The van der Waals surface area contributed by atoms with Gasteiger partial charge in [-0.25, -0.2) is 4.79 Å². The zero-order valence-electron chi connectivity index (χ0n) is 14.0. The maximum atomic E-state index is 12.0. The Morgan fingerprint density at radius 2 is 1.92 bits per heavy atom. The number of methoxy groups -OCH3 is 1. The summed E-state index contributed by atoms with van der Waals surface area (Å²) in [7, 11) is 1.60. The second-order valence-electron chi connectivity index (χ2n) is 5.60. The first-order valence-corrected chi connectivity index (χ1v) is 7.85. The molecule has 1 unspecified atom stereocenters. The van der Waals surface area contributed by atoms with Crippen LogP contribution in [-0.4, -0.2) is 36.4 Å². The Kier molecular flexibility index (Phi) is 5.12. The number of carbonyl (C=O) groups excluding carboxylic acids is 1. The van der Waals surface area contributed by atoms with Crippen molar-refractivity contribution in [2.24, 2.45) is 5.16 Å². The molecule has 0 radical (unpaired) electrons. The monoisotopic (exact) mass is 356 g/mol. The van der Waals surface area contributed by atoms with E-state index in [4.69, 9.17) is 14.3 Å². The Morgan fingerprint density at radius 3 is 2.54 bits per heavy atom. The molecular formula is C18H16N2O6. The Bertz CT molecular complexity index is 830. The van der Waals surface area contributed by atoms with Gasteiger partial charge in [0.2, 0.25) is 0 Å². The van der Waals surface area contributed by atoms with Gasteiger partial charge in [0.15, 0.2) is 6.10 Å². The number of non-ortho nitro benzene ring substituents is 1. The van der Waals surface area contributed by atoms with E-state index in [1.165, 1.54) is 24.3 Å². The molecule has 2 aromatic rings. The fraction of sp³-hybridized carbons (Fsp3) is 0.222. The number of nitrogens with zero attached hydrogens (tertiary/aromatic N) is 2. The lowest BCUT2D eigenvalue weighted by Crippen LogP contribution is -2.19. The normalized spacial score (nSPS) is 15.7. The molecule has 0 spiro atoms. The molecule has 1 aliphatic heterocycles. The van der Waals surface area contributed by atoms with Gasteiger partial charge >= 0.3 is 5.97 Å². The van der Waals surface area contributed by atoms with E-state index in [9.17, 15) is 14.9 Å². The van der Waals surface area contributed by atoms with E-state index >= 15 is 0 Å². The number of benzene rings is 2. The average Bonchev–Trinajstić information content (AvgIpc) is 3.15. The van der Waals surface area contributed by atoms with Crippen molar-refractivity contribution in [3.63, 3.8) is 0 Å². The van der Waals surface area contributed by atoms with E-state index in [0.29, 0.717) is 6.42 Å². The minimum atomic E-state index is -0.568. The van der Waals surface area contributed by atoms with Crippen molar-refractivity contribution in [2.45, 2.75) is 12.5 Å². The van der Waals surface area contributed by atoms with E-state index in [2.05, 4.69) is 5.16 Å². The minimum absolute atomic E-state index is 0.0407. The number of nitro benzene ring substituents is 1. The summed E-state index contributed by atoms with van der Waals surface area (Å²) in [6, 6.07) is 12.7. The molecule has 8 heteroatoms. The Hall–Kier alpha value is -3.42. The van der Waals surface area contributed by atoms with Crippen molar-refractivity contribution in [3.05, 3.63) is 69.8 Å². The van der Waals surface area contributed by atoms with E-state index in [0.717, 1.165) is 17.0 Å². The quantitative estimate of drug-likeness (QED) is 0.448. The van der Waals surface area contributed by atoms with Gasteiger partial charge in [-0.15, -0.1) is 0 Å². The maximum absolute atomic E-state index is 12.0. The maximum Gasteiger partial charge on any atom is 0.338 e. The summed E-state index contributed by atoms with van der Waals surface area (Å²) in [4.78, 5) is 27.4. The lowest BCUT2D eigenvalue weighted by molar-refractivity contribution is -0.384. The van der Waals surface area contributed by atoms with Crippen molar-refractivity contribution in [2.75, 3.05) is 13.7 Å². The Balaban J connectivity index is 1.51. The topological polar surface area (TPSA) is 100 Å². The summed E-state index contributed by atoms with van der Waals surface area (Å²) >= 11 is 0. The van der Waals surface area contributed by atoms with E-state index in [1.807, 2.05) is 24.3 Å². The van der Waals surface area contributed by atoms with Crippen LogP contribution in [0.2, 0.25) is 0 Å². The molecule has 0 saturated carbocycles. The molecule has 1 aliphatic rings. The third-order valence-corrected chi connectivity index (χ3v) is 3.87. The molecule has 1 atom stereocenters. The highest BCUT2D eigenvalue weighted by molar-refractivity contribution is 6.01. The van der Waals surface area contributed by atoms with Crippen LogP contribution in [0.15, 0.2) is 53.7 Å². The third kappa shape index (κ3) is 3.97. The predicted octanol–water partition coefficient (Wildman–Crippen LogP) is 2.95. The highest BCUT2D eigenvalue weighted by Crippen LogP contribution is 2.20. The summed E-state index contributed by atoms with van der Waals surface area (Å²) in [5.41, 5.74) is 1.84. The van der Waals surface area contributed by atoms with Crippen LogP contribution in [0, 0.1) is 10.1 Å². The van der Waals surface area contributed by atoms with Crippen LogP contribution in [-0.2, 0) is 9.57 Å². The van der Waals surface area contributed by atoms with Gasteiger partial charge in [-0.05, 0) is 42.0 Å². The van der Waals surface area contributed by atoms with Gasteiger partial charge in [0.1, 0.15) is 12.4 Å². The Morgan fingerprint density at radius 1 is 1.23 bits per heavy atom. The summed E-state index contributed by atoms with van der Waals surface area (Å²) in [5, 5.41) is 14.7. The number of nitro groups is 1. The van der Waals surface area contributed by atoms with Gasteiger partial charge in [0.05, 0.1) is 23.3 Å². The molecule has 26 heavy (non-hydrogen) atoms. The number of rotatable bonds is 6. The van der Waals surface area contributed by atoms with Crippen LogP contribution in [0.3, 0.4) is 0 Å². The molecule has 8 nitrogen and oxygen atoms in total. The average molecular weight is 356 g/mol. The first-order chi connectivity index (χ1) is 12.6. The number of oxime groups is 1. The van der Waals surface area contributed by atoms with Crippen molar-refractivity contribution in [1.82, 2.24) is 0 Å². The fourth-order valence-electron chi connectivity index (χ4n) is 2.44. The van der Waals surface area contributed by atoms with Crippen LogP contribution < -0.4 is 4.74 Å². The highest BCUT2D eigenvalue weighted by atomic mass is 16.7. The number of ether oxygens (including phenoxy) is 2. The summed E-state index contributed by atoms with van der Waals surface area (Å²) in [6.07, 6.45) is 0.147. The molecule has 0 bridgehead atoms. The standard InChI is InChI=1S/C18H16N2O6/c1-24-15-8-4-12(5-9-15)17-10-16(26-19-17)11-25-18(21)13-2-6-14(7-3-13)20(22)23/h2-9,16H,10-11H2,1H3. The molecule has 3 rings (SSSR count). The Labute approximate surface area is 149 Å². The van der Waals surface area contributed by atoms with Gasteiger partial charge in [-0.2, -0.15) is 0 Å². The summed E-state index contributed by atoms with van der Waals surface area (Å²) < 4.78 is 10.3. The van der Waals surface area contributed by atoms with Crippen molar-refractivity contribution in [3.8, 4) is 5.75 Å². The van der Waals surface area contributed by atoms with Gasteiger partial charge in [-0.3, -0.25) is 10.1 Å². The number of hydrogen-bond acceptors (Lipinski definition) is 7. The molecule has 0 fully saturated rings. The molecular weight excluding hydrogens is 340 g/mol. The van der Waals surface area contributed by atoms with E-state index < -0.39 is 10.9 Å². The zero-order valence-corrected chi connectivity index (χ0v) is 14.0. The van der Waals surface area contributed by atoms with E-state index in [1.54, 1.807) is 7.11 Å². The molecule has 0 saturated heterocycles. The second kappa shape index (κ2) is 7.64. The summed E-state index contributed by atoms with van der Waals surface area (Å²) in [6.45, 7) is 0.0407. The molecule has 2 aromatic carbocycles. The lowest BCUT2D eigenvalue weighted by Gasteiger charge is -2.09. The minimum Gasteiger partial charge on any atom is -0.497 e. The highest BCUT2D eigenvalue weighted by Gasteiger charge is 2.24. The van der Waals surface area contributed by atoms with Crippen LogP contribution in [0.5, 0.6) is 5.75 Å². The molecule has 0 amide bonds. The smallest absolute Gasteiger partial charge is 0.338 e. The SMILES string of the molecule is COc1ccc(C2=NOC(COC(=O)c3ccc([N+](=O)[O-])cc3)C2)cc1. The van der Waals surface area contributed by atoms with Gasteiger partial charge < -0.3 is 14.3 Å². The van der Waals surface area contributed by atoms with Gasteiger partial charge in [0.25, 0.3) is 5.69 Å². The van der Waals surface area contributed by atoms with Crippen LogP contribution >= 0.6 is 0 Å². The molecule has 0 N–H and O–H groups in total. The lowest BCUT2D eigenvalue weighted by atomic mass is 10.1. The van der Waals surface area contributed by atoms with Gasteiger partial charge in [0, 0.05) is 18.6 Å². The molecule has 134 valence electrons. The summed E-state index contributed by atoms with van der Waals surface area (Å²) in [5.74, 6) is 0.184. The van der Waals surface area contributed by atoms with Crippen LogP contribution in [0.1, 0.15) is 22.3 Å². The first kappa shape index (κ1) is 17.4. The number of hydrogen-bond donors (Lipinski definition) is 0. The van der Waals surface area contributed by atoms with Crippen molar-refractivity contribution >= 4 is 17.4 Å². The number of esters is 1. The van der Waals surface area contributed by atoms with E-state index in [-0.39, 0.29) is 24.0 Å². The van der Waals surface area contributed by atoms with Crippen molar-refractivity contribution in [1.29, 1.82) is 0 Å². The van der Waals surface area contributed by atoms with Crippen molar-refractivity contribution < 1.29 is 24.0 Å². The van der Waals surface area contributed by atoms with Crippen LogP contribution in [0.4, 0.5) is 5.69 Å². The predicted molar refractivity (Wildman–Crippen MR) is 92.4 cm³/mol. The molecule has 0 aliphatic carbocycles. The first-order valence-electron chi connectivity index (χ1n) is 7.85. The van der Waals surface area contributed by atoms with Crippen LogP contribution in [0.25, 0.3) is 0 Å². The number of carbonyl (C=O) groups is 1. The van der Waals surface area contributed by atoms with Gasteiger partial charge in [-0.1, -0.05) is 5.16 Å². The third-order valence-electron chi connectivity index (χ3n) is 3.87. The molecule has 0 aromatic heterocycles. The molecule has 1 heterocycles. The largest absolute Gasteiger partial charge is 0.497 e. The fourth-order valence-corrected chi connectivity index (χ4v) is 2.44. The second-order valence-corrected chi connectivity index (χ2v) is 5.60. The zero-order chi connectivity index (χ0) is 18.5.